The maximum Gasteiger partial charge on any atom is 0.224 e. The number of furan rings is 4. The van der Waals surface area contributed by atoms with Crippen molar-refractivity contribution in [3.8, 4) is 135 Å². The Morgan fingerprint density at radius 3 is 0.984 bits per heavy atom. The Balaban J connectivity index is 0.000000105. The van der Waals surface area contributed by atoms with E-state index in [2.05, 4.69) is 122 Å². The lowest BCUT2D eigenvalue weighted by molar-refractivity contribution is -0.117. The Kier molecular flexibility index (Phi) is 20.4. The number of carbonyl (C=O) groups is 2. The van der Waals surface area contributed by atoms with E-state index in [4.69, 9.17) is 43.3 Å². The van der Waals surface area contributed by atoms with Gasteiger partial charge in [0.25, 0.3) is 0 Å². The zero-order chi connectivity index (χ0) is 87.0. The predicted molar refractivity (Wildman–Crippen MR) is 500 cm³/mol. The molecule has 0 fully saturated rings. The summed E-state index contributed by atoms with van der Waals surface area (Å²) in [6, 6.07) is 66.0. The zero-order valence-electron chi connectivity index (χ0n) is 69.2. The number of hydrogen-bond acceptors (Lipinski definition) is 19. The minimum absolute atomic E-state index is 0.0174. The molecule has 16 heterocycles. The molecule has 0 saturated carbocycles. The van der Waals surface area contributed by atoms with Gasteiger partial charge in [-0.2, -0.15) is 20.4 Å². The largest absolute Gasteiger partial charge is 0.472 e. The van der Waals surface area contributed by atoms with Gasteiger partial charge in [0.05, 0.1) is 146 Å². The van der Waals surface area contributed by atoms with Crippen LogP contribution in [0.5, 0.6) is 0 Å². The number of nitrogens with one attached hydrogen (secondary N) is 10. The minimum atomic E-state index is -0.0498. The van der Waals surface area contributed by atoms with E-state index in [-0.39, 0.29) is 17.7 Å². The van der Waals surface area contributed by atoms with Crippen LogP contribution in [0.2, 0.25) is 0 Å². The highest BCUT2D eigenvalue weighted by atomic mass is 16.3. The fourth-order valence-electron chi connectivity index (χ4n) is 16.0. The summed E-state index contributed by atoms with van der Waals surface area (Å²) in [6.07, 6.45) is 28.3. The zero-order valence-corrected chi connectivity index (χ0v) is 69.2. The number of anilines is 3. The summed E-state index contributed by atoms with van der Waals surface area (Å²) >= 11 is 0. The van der Waals surface area contributed by atoms with Crippen molar-refractivity contribution in [1.82, 2.24) is 101 Å². The van der Waals surface area contributed by atoms with Crippen LogP contribution in [0.1, 0.15) is 33.6 Å². The van der Waals surface area contributed by atoms with Crippen LogP contribution < -0.4 is 16.4 Å². The first-order valence-corrected chi connectivity index (χ1v) is 41.5. The van der Waals surface area contributed by atoms with Crippen LogP contribution in [0.25, 0.3) is 223 Å². The second-order valence-corrected chi connectivity index (χ2v) is 31.2. The lowest BCUT2D eigenvalue weighted by atomic mass is 10.0. The maximum atomic E-state index is 12.2. The van der Waals surface area contributed by atoms with E-state index in [0.29, 0.717) is 47.4 Å². The van der Waals surface area contributed by atoms with Gasteiger partial charge in [0.2, 0.25) is 11.8 Å². The van der Waals surface area contributed by atoms with Gasteiger partial charge in [0, 0.05) is 138 Å². The SMILES string of the molecule is CC(C)CC(=O)Nc1cncc(-c2ccc3[nH]nc(-c4nc5c(-c6ccoc6)cccc5[nH]4)c3c2)c1.CCC(=O)Nc1cncc(-c2ccc3[nH]nc(-c4nc5c(-c6ccoc6)cccc5[nH]4)c3c2)c1.Nc1cncc(-c2ccc3[nH]nc(-c4nc5c(-c6ccoc6)cccc5[nH]4)c3c2)c1.c1cncc(-c2ccc3[nH]nc(-c4nc5c(-c6ccoc6)cccc5[nH]4)c3c2)c1. The lowest BCUT2D eigenvalue weighted by Crippen LogP contribution is -2.13. The number of benzene rings is 8. The Hall–Kier alpha value is -18.0. The monoisotopic (exact) mass is 1690 g/mol. The number of carbonyl (C=O) groups excluding carboxylic acids is 2. The van der Waals surface area contributed by atoms with Crippen molar-refractivity contribution in [2.75, 3.05) is 16.4 Å². The first-order chi connectivity index (χ1) is 63.4. The highest BCUT2D eigenvalue weighted by Gasteiger charge is 2.23. The van der Waals surface area contributed by atoms with E-state index in [1.165, 1.54) is 0 Å². The Bertz CT molecular complexity index is 8210. The second kappa shape index (κ2) is 33.7. The fourth-order valence-corrected chi connectivity index (χ4v) is 16.0. The van der Waals surface area contributed by atoms with Gasteiger partial charge < -0.3 is 54.0 Å². The van der Waals surface area contributed by atoms with Crippen molar-refractivity contribution < 1.29 is 27.3 Å². The standard InChI is InChI=1S/C28H24N6O2.C26H20N6O2.C23H16N6O.C23H15N5O/c1-16(2)10-25(35)30-20-11-19(13-29-14-20)17-6-7-23-22(12-17)27(34-33-23)28-31-24-5-3-4-21(26(24)32-28)18-8-9-36-15-18;1-2-23(33)28-18-10-17(12-27-13-18)15-6-7-21-20(11-15)25(32-31-21)26-29-22-5-3-4-19(24(22)30-26)16-8-9-34-14-16;24-16-8-15(10-25-11-16)13-4-5-19-18(9-13)22(29-28-19)23-26-20-3-1-2-17(21(20)27-23)14-6-7-30-12-14;1-4-17(16-8-10-29-13-16)21-20(5-1)25-23(26-21)22-18-11-14(6-7-19(18)27-28-22)15-3-2-9-24-12-15/h3-9,11-16H,10H2,1-2H3,(H,30,35)(H,31,32)(H,33,34);3-14H,2H2,1H3,(H,28,33)(H,29,30)(H,31,32);1-12H,24H2,(H,26,27)(H,28,29);1-13H,(H,25,26)(H,27,28). The second-order valence-electron chi connectivity index (χ2n) is 31.2. The van der Waals surface area contributed by atoms with Crippen molar-refractivity contribution in [3.05, 3.63) is 300 Å². The molecule has 24 aromatic rings. The number of hydrogen-bond donors (Lipinski definition) is 11. The molecule has 29 heteroatoms. The third-order valence-corrected chi connectivity index (χ3v) is 22.2. The molecule has 29 nitrogen and oxygen atoms in total. The molecule has 8 aromatic carbocycles. The van der Waals surface area contributed by atoms with Crippen LogP contribution in [0.4, 0.5) is 17.1 Å². The lowest BCUT2D eigenvalue weighted by Gasteiger charge is -2.09. The highest BCUT2D eigenvalue weighted by Crippen LogP contribution is 2.41. The molecular weight excluding hydrogens is 1620 g/mol. The summed E-state index contributed by atoms with van der Waals surface area (Å²) < 4.78 is 21.0. The number of aromatic nitrogens is 20. The van der Waals surface area contributed by atoms with E-state index < -0.39 is 0 Å². The van der Waals surface area contributed by atoms with Crippen molar-refractivity contribution in [2.45, 2.75) is 33.6 Å². The number of aromatic amines is 8. The number of fused-ring (bicyclic) bond motifs is 8. The number of nitrogens with two attached hydrogens (primary N) is 1. The van der Waals surface area contributed by atoms with Crippen LogP contribution in [-0.4, -0.2) is 112 Å². The van der Waals surface area contributed by atoms with Crippen LogP contribution in [0.3, 0.4) is 0 Å². The number of nitrogens with zero attached hydrogens (tertiary/aromatic N) is 12. The molecule has 2 amide bonds. The summed E-state index contributed by atoms with van der Waals surface area (Å²) in [4.78, 5) is 74.2. The average Bonchev–Trinajstić information content (AvgIpc) is 1.63. The molecule has 0 aliphatic carbocycles. The number of nitrogen functional groups attached to an aromatic ring is 1. The average molecular weight is 1690 g/mol. The predicted octanol–water partition coefficient (Wildman–Crippen LogP) is 22.6. The van der Waals surface area contributed by atoms with E-state index in [9.17, 15) is 9.59 Å². The number of H-pyrrole nitrogens is 8. The third kappa shape index (κ3) is 15.7. The van der Waals surface area contributed by atoms with Crippen LogP contribution in [-0.2, 0) is 9.59 Å². The molecule has 0 bridgehead atoms. The van der Waals surface area contributed by atoms with E-state index in [1.807, 2.05) is 197 Å². The molecule has 0 spiro atoms. The topological polar surface area (TPSA) is 418 Å². The van der Waals surface area contributed by atoms with Gasteiger partial charge in [0.1, 0.15) is 22.8 Å². The maximum absolute atomic E-state index is 12.2. The number of amides is 2. The van der Waals surface area contributed by atoms with Gasteiger partial charge >= 0.3 is 0 Å². The highest BCUT2D eigenvalue weighted by molar-refractivity contribution is 6.04. The van der Waals surface area contributed by atoms with E-state index in [1.54, 1.807) is 93.5 Å². The minimum Gasteiger partial charge on any atom is -0.472 e. The van der Waals surface area contributed by atoms with Crippen molar-refractivity contribution >= 4 is 117 Å². The van der Waals surface area contributed by atoms with Gasteiger partial charge in [-0.15, -0.1) is 0 Å². The summed E-state index contributed by atoms with van der Waals surface area (Å²) in [7, 11) is 0. The van der Waals surface area contributed by atoms with Crippen LogP contribution >= 0.6 is 0 Å². The first kappa shape index (κ1) is 78.2. The summed E-state index contributed by atoms with van der Waals surface area (Å²) in [5.74, 6) is 3.01. The van der Waals surface area contributed by atoms with Crippen LogP contribution in [0, 0.1) is 5.92 Å². The molecular formula is C100H75N23O6. The Morgan fingerprint density at radius 2 is 0.667 bits per heavy atom. The molecule has 0 aliphatic heterocycles. The number of imidazole rings is 4. The quantitative estimate of drug-likeness (QED) is 0.0403. The van der Waals surface area contributed by atoms with Crippen molar-refractivity contribution in [2.24, 2.45) is 5.92 Å². The van der Waals surface area contributed by atoms with Gasteiger partial charge in [-0.25, -0.2) is 19.9 Å². The van der Waals surface area contributed by atoms with Crippen molar-refractivity contribution in [3.63, 3.8) is 0 Å². The number of para-hydroxylation sites is 4. The Morgan fingerprint density at radius 1 is 0.333 bits per heavy atom. The first-order valence-electron chi connectivity index (χ1n) is 41.5. The summed E-state index contributed by atoms with van der Waals surface area (Å²) in [6.45, 7) is 5.86. The molecule has 0 radical (unpaired) electrons. The normalized spacial score (nSPS) is 11.4. The third-order valence-electron chi connectivity index (χ3n) is 22.2. The molecule has 0 saturated heterocycles. The molecule has 0 aliphatic rings. The number of pyridine rings is 4. The van der Waals surface area contributed by atoms with E-state index in [0.717, 1.165) is 205 Å². The van der Waals surface area contributed by atoms with E-state index >= 15 is 0 Å². The number of rotatable bonds is 17. The summed E-state index contributed by atoms with van der Waals surface area (Å²) in [5, 5.41) is 40.2. The molecule has 16 aromatic heterocycles. The molecule has 626 valence electrons. The molecule has 0 unspecified atom stereocenters. The van der Waals surface area contributed by atoms with Gasteiger partial charge in [-0.05, 0) is 149 Å². The van der Waals surface area contributed by atoms with Gasteiger partial charge in [-0.3, -0.25) is 49.9 Å². The van der Waals surface area contributed by atoms with Gasteiger partial charge in [0.15, 0.2) is 23.3 Å². The summed E-state index contributed by atoms with van der Waals surface area (Å²) in [5.41, 5.74) is 37.6. The van der Waals surface area contributed by atoms with Gasteiger partial charge in [-0.1, -0.05) is 99.6 Å². The Labute approximate surface area is 731 Å². The molecule has 12 N–H and O–H groups in total. The van der Waals surface area contributed by atoms with Crippen LogP contribution in [0.15, 0.2) is 318 Å². The molecule has 0 atom stereocenters. The molecule has 24 rings (SSSR count). The molecule has 129 heavy (non-hydrogen) atoms. The smallest absolute Gasteiger partial charge is 0.224 e. The van der Waals surface area contributed by atoms with Crippen molar-refractivity contribution in [1.29, 1.82) is 0 Å². The fraction of sp³-hybridized carbons (Fsp3) is 0.0600.